The summed E-state index contributed by atoms with van der Waals surface area (Å²) in [6, 6.07) is -1.04. The molecule has 1 saturated heterocycles. The molecular formula is C52H97N13O15. The van der Waals surface area contributed by atoms with E-state index in [4.69, 9.17) is 35.2 Å². The Balaban J connectivity index is 1.83. The highest BCUT2D eigenvalue weighted by Gasteiger charge is 2.45. The second-order valence-electron chi connectivity index (χ2n) is 19.9. The molecule has 0 spiro atoms. The number of hydrogen-bond donors (Lipinski definition) is 13. The maximum atomic E-state index is 13.6. The Morgan fingerprint density at radius 2 is 1.10 bits per heavy atom. The summed E-state index contributed by atoms with van der Waals surface area (Å²) in [5, 5.41) is 61.1. The lowest BCUT2D eigenvalue weighted by atomic mass is 9.97. The minimum atomic E-state index is -1.41. The standard InChI is InChI=1S/C52H97N13O15/c1-39(67)60-33-41-34-65(64-63-41)28-14-26-59-43(69)15-9-7-5-3-4-6-8-10-16-47(73)62-52(36-76-29-17-44(70)56-23-11-20-53,37-77-30-18-45(71)57-24-12-21-54)38-78-31-19-46(72)58-25-13-22-55-27-32-79-51-48(61-40(2)68)50(75)49(74)42(35-66)80-51/h34,42,48-51,55,66,74-75H,3-33,35-38,53-54H2,1-2H3,(H,56,70)(H,57,71)(H,58,72)(H,59,69)(H,60,67)(H,61,68)(H,62,73)/t42?,48?,49-,50?,51+/m0/s1. The SMILES string of the molecule is CC(=O)NCc1cn(CCCNC(=O)CCCCCCCCCCC(=O)NC(COCCC(=O)NCCCN)(COCCC(=O)NCCCN)COCCC(=O)NCCCNCCO[C@@H]2OC(CO)[C@H](O)C(O)C2NC(C)=O)nn1. The zero-order valence-corrected chi connectivity index (χ0v) is 47.4. The number of carbonyl (C=O) groups excluding carboxylic acids is 7. The van der Waals surface area contributed by atoms with Crippen molar-refractivity contribution in [3.63, 3.8) is 0 Å². The minimum absolute atomic E-state index is 0.00170. The molecule has 1 aliphatic heterocycles. The number of aliphatic hydroxyl groups is 3. The lowest BCUT2D eigenvalue weighted by molar-refractivity contribution is -0.269. The summed E-state index contributed by atoms with van der Waals surface area (Å²) in [5.41, 5.74) is 10.5. The van der Waals surface area contributed by atoms with Crippen LogP contribution in [0.15, 0.2) is 6.20 Å². The molecule has 15 N–H and O–H groups in total. The first-order valence-corrected chi connectivity index (χ1v) is 28.5. The van der Waals surface area contributed by atoms with E-state index < -0.39 is 48.7 Å². The van der Waals surface area contributed by atoms with Crippen LogP contribution in [0.1, 0.15) is 129 Å². The third kappa shape index (κ3) is 34.3. The number of nitrogens with one attached hydrogen (secondary N) is 8. The van der Waals surface area contributed by atoms with Gasteiger partial charge in [-0.1, -0.05) is 43.7 Å². The zero-order chi connectivity index (χ0) is 58.6. The molecule has 1 aromatic heterocycles. The highest BCUT2D eigenvalue weighted by Crippen LogP contribution is 2.22. The molecule has 0 aromatic carbocycles. The molecule has 0 saturated carbocycles. The van der Waals surface area contributed by atoms with E-state index in [-0.39, 0.29) is 107 Å². The maximum absolute atomic E-state index is 13.6. The topological polar surface area (TPSA) is 405 Å². The van der Waals surface area contributed by atoms with Crippen molar-refractivity contribution in [2.24, 2.45) is 11.5 Å². The predicted molar refractivity (Wildman–Crippen MR) is 294 cm³/mol. The van der Waals surface area contributed by atoms with Crippen molar-refractivity contribution in [2.75, 3.05) is 105 Å². The molecule has 28 heteroatoms. The fraction of sp³-hybridized carbons (Fsp3) is 0.827. The van der Waals surface area contributed by atoms with Crippen molar-refractivity contribution in [1.82, 2.24) is 57.5 Å². The van der Waals surface area contributed by atoms with Crippen LogP contribution in [0.3, 0.4) is 0 Å². The van der Waals surface area contributed by atoms with Crippen LogP contribution >= 0.6 is 0 Å². The van der Waals surface area contributed by atoms with E-state index in [1.807, 2.05) is 0 Å². The summed E-state index contributed by atoms with van der Waals surface area (Å²) >= 11 is 0. The first-order chi connectivity index (χ1) is 38.6. The second-order valence-corrected chi connectivity index (χ2v) is 19.9. The Morgan fingerprint density at radius 1 is 0.600 bits per heavy atom. The normalized spacial score (nSPS) is 17.1. The molecule has 1 aromatic rings. The molecule has 7 amide bonds. The van der Waals surface area contributed by atoms with Crippen molar-refractivity contribution < 1.29 is 72.6 Å². The van der Waals surface area contributed by atoms with Gasteiger partial charge in [-0.25, -0.2) is 0 Å². The van der Waals surface area contributed by atoms with Crippen LogP contribution in [-0.2, 0) is 70.3 Å². The summed E-state index contributed by atoms with van der Waals surface area (Å²) in [6.45, 7) is 6.51. The van der Waals surface area contributed by atoms with E-state index in [1.54, 1.807) is 10.9 Å². The Bertz CT molecular complexity index is 1860. The summed E-state index contributed by atoms with van der Waals surface area (Å²) in [7, 11) is 0. The smallest absolute Gasteiger partial charge is 0.222 e. The predicted octanol–water partition coefficient (Wildman–Crippen LogP) is -2.62. The molecule has 5 atom stereocenters. The van der Waals surface area contributed by atoms with E-state index in [2.05, 4.69) is 52.8 Å². The second kappa shape index (κ2) is 44.6. The summed E-state index contributed by atoms with van der Waals surface area (Å²) in [5.74, 6) is -1.52. The molecule has 0 radical (unpaired) electrons. The van der Waals surface area contributed by atoms with Crippen LogP contribution in [0.5, 0.6) is 0 Å². The van der Waals surface area contributed by atoms with E-state index >= 15 is 0 Å². The van der Waals surface area contributed by atoms with Crippen LogP contribution in [-0.4, -0.2) is 213 Å². The Morgan fingerprint density at radius 3 is 1.61 bits per heavy atom. The lowest BCUT2D eigenvalue weighted by Crippen LogP contribution is -2.64. The highest BCUT2D eigenvalue weighted by atomic mass is 16.7. The van der Waals surface area contributed by atoms with Gasteiger partial charge in [0.25, 0.3) is 0 Å². The molecule has 1 fully saturated rings. The fourth-order valence-electron chi connectivity index (χ4n) is 8.17. The Kier molecular flexibility index (Phi) is 39.7. The zero-order valence-electron chi connectivity index (χ0n) is 47.4. The van der Waals surface area contributed by atoms with Gasteiger partial charge in [-0.2, -0.15) is 0 Å². The number of nitrogens with two attached hydrogens (primary N) is 2. The summed E-state index contributed by atoms with van der Waals surface area (Å²) in [6.07, 6.45) is 7.29. The number of nitrogens with zero attached hydrogens (tertiary/aromatic N) is 3. The number of rotatable bonds is 49. The fourth-order valence-corrected chi connectivity index (χ4v) is 8.17. The lowest BCUT2D eigenvalue weighted by Gasteiger charge is -2.42. The molecule has 0 bridgehead atoms. The van der Waals surface area contributed by atoms with Crippen LogP contribution in [0.25, 0.3) is 0 Å². The molecule has 0 aliphatic carbocycles. The molecule has 2 rings (SSSR count). The first kappa shape index (κ1) is 71.1. The van der Waals surface area contributed by atoms with Crippen LogP contribution in [0.2, 0.25) is 0 Å². The highest BCUT2D eigenvalue weighted by molar-refractivity contribution is 5.78. The van der Waals surface area contributed by atoms with Gasteiger partial charge in [0, 0.05) is 85.2 Å². The molecule has 1 aliphatic rings. The number of aliphatic hydroxyl groups excluding tert-OH is 3. The van der Waals surface area contributed by atoms with Crippen LogP contribution in [0.4, 0.5) is 0 Å². The van der Waals surface area contributed by atoms with E-state index in [0.717, 1.165) is 44.9 Å². The van der Waals surface area contributed by atoms with Crippen LogP contribution < -0.4 is 54.0 Å². The van der Waals surface area contributed by atoms with Crippen molar-refractivity contribution in [3.8, 4) is 0 Å². The van der Waals surface area contributed by atoms with Crippen LogP contribution in [0, 0.1) is 0 Å². The number of carbonyl (C=O) groups is 7. The molecule has 28 nitrogen and oxygen atoms in total. The van der Waals surface area contributed by atoms with E-state index in [0.29, 0.717) is 110 Å². The number of unbranched alkanes of at least 4 members (excludes halogenated alkanes) is 7. The third-order valence-electron chi connectivity index (χ3n) is 12.6. The van der Waals surface area contributed by atoms with E-state index in [1.165, 1.54) is 13.8 Å². The first-order valence-electron chi connectivity index (χ1n) is 28.5. The van der Waals surface area contributed by atoms with Crippen molar-refractivity contribution >= 4 is 41.4 Å². The average Bonchev–Trinajstić information content (AvgIpc) is 3.89. The van der Waals surface area contributed by atoms with Gasteiger partial charge >= 0.3 is 0 Å². The number of hydrogen-bond acceptors (Lipinski definition) is 20. The minimum Gasteiger partial charge on any atom is -0.394 e. The van der Waals surface area contributed by atoms with Gasteiger partial charge in [-0.3, -0.25) is 38.2 Å². The van der Waals surface area contributed by atoms with E-state index in [9.17, 15) is 48.9 Å². The largest absolute Gasteiger partial charge is 0.394 e. The van der Waals surface area contributed by atoms with Crippen molar-refractivity contribution in [3.05, 3.63) is 11.9 Å². The van der Waals surface area contributed by atoms with Crippen molar-refractivity contribution in [1.29, 1.82) is 0 Å². The van der Waals surface area contributed by atoms with Gasteiger partial charge in [-0.05, 0) is 58.2 Å². The molecule has 3 unspecified atom stereocenters. The van der Waals surface area contributed by atoms with Gasteiger partial charge < -0.3 is 93.0 Å². The number of amides is 7. The van der Waals surface area contributed by atoms with Gasteiger partial charge in [0.15, 0.2) is 6.29 Å². The van der Waals surface area contributed by atoms with Gasteiger partial charge in [0.2, 0.25) is 41.4 Å². The maximum Gasteiger partial charge on any atom is 0.222 e. The molecule has 460 valence electrons. The molecule has 2 heterocycles. The molecular weight excluding hydrogens is 1050 g/mol. The third-order valence-corrected chi connectivity index (χ3v) is 12.6. The average molecular weight is 1140 g/mol. The summed E-state index contributed by atoms with van der Waals surface area (Å²) in [4.78, 5) is 86.4. The summed E-state index contributed by atoms with van der Waals surface area (Å²) < 4.78 is 31.0. The Labute approximate surface area is 471 Å². The number of ether oxygens (including phenoxy) is 5. The quantitative estimate of drug-likeness (QED) is 0.0297. The number of aromatic nitrogens is 3. The van der Waals surface area contributed by atoms with Gasteiger partial charge in [0.05, 0.1) is 65.6 Å². The molecule has 80 heavy (non-hydrogen) atoms. The van der Waals surface area contributed by atoms with Crippen molar-refractivity contribution in [2.45, 2.75) is 172 Å². The number of aryl methyl sites for hydroxylation is 1. The van der Waals surface area contributed by atoms with Gasteiger partial charge in [0.1, 0.15) is 35.6 Å². The van der Waals surface area contributed by atoms with Gasteiger partial charge in [-0.15, -0.1) is 5.10 Å². The monoisotopic (exact) mass is 1140 g/mol. The Hall–Kier alpha value is -5.01.